The number of rotatable bonds is 7. The van der Waals surface area contributed by atoms with Crippen LogP contribution in [0.2, 0.25) is 0 Å². The molecule has 1 aliphatic carbocycles. The number of aryl methyl sites for hydroxylation is 1. The fourth-order valence-corrected chi connectivity index (χ4v) is 2.62. The lowest BCUT2D eigenvalue weighted by Gasteiger charge is -2.08. The highest BCUT2D eigenvalue weighted by molar-refractivity contribution is 5.57. The number of benzene rings is 1. The van der Waals surface area contributed by atoms with E-state index >= 15 is 0 Å². The molecule has 0 atom stereocenters. The van der Waals surface area contributed by atoms with E-state index < -0.39 is 0 Å². The fourth-order valence-electron chi connectivity index (χ4n) is 2.62. The predicted molar refractivity (Wildman–Crippen MR) is 95.2 cm³/mol. The zero-order chi connectivity index (χ0) is 16.1. The third-order valence-corrected chi connectivity index (χ3v) is 4.19. The minimum absolute atomic E-state index is 0.736. The maximum atomic E-state index is 4.61. The van der Waals surface area contributed by atoms with Crippen molar-refractivity contribution in [2.75, 3.05) is 18.9 Å². The molecule has 0 spiro atoms. The van der Waals surface area contributed by atoms with Gasteiger partial charge in [-0.25, -0.2) is 9.97 Å². The van der Waals surface area contributed by atoms with E-state index in [0.29, 0.717) is 0 Å². The molecule has 1 aliphatic rings. The molecule has 1 aromatic heterocycles. The normalized spacial score (nSPS) is 14.6. The van der Waals surface area contributed by atoms with Crippen LogP contribution in [0.4, 0.5) is 5.82 Å². The van der Waals surface area contributed by atoms with Crippen LogP contribution in [-0.4, -0.2) is 23.6 Å². The number of allylic oxidation sites excluding steroid dienone is 1. The molecule has 0 amide bonds. The maximum Gasteiger partial charge on any atom is 0.161 e. The van der Waals surface area contributed by atoms with E-state index in [9.17, 15) is 0 Å². The van der Waals surface area contributed by atoms with Crippen molar-refractivity contribution in [3.05, 3.63) is 53.9 Å². The van der Waals surface area contributed by atoms with Gasteiger partial charge in [-0.05, 0) is 42.9 Å². The summed E-state index contributed by atoms with van der Waals surface area (Å²) in [5, 5.41) is 6.64. The molecule has 4 heteroatoms. The van der Waals surface area contributed by atoms with Crippen LogP contribution in [0.5, 0.6) is 0 Å². The van der Waals surface area contributed by atoms with Gasteiger partial charge in [0, 0.05) is 31.0 Å². The Morgan fingerprint density at radius 2 is 2.00 bits per heavy atom. The zero-order valence-corrected chi connectivity index (χ0v) is 13.8. The van der Waals surface area contributed by atoms with E-state index in [-0.39, 0.29) is 0 Å². The molecule has 23 heavy (non-hydrogen) atoms. The lowest BCUT2D eigenvalue weighted by atomic mass is 10.1. The number of anilines is 1. The second-order valence-corrected chi connectivity index (χ2v) is 5.88. The summed E-state index contributed by atoms with van der Waals surface area (Å²) in [7, 11) is 1.99. The summed E-state index contributed by atoms with van der Waals surface area (Å²) in [4.78, 5) is 8.99. The molecule has 3 rings (SSSR count). The molecule has 0 radical (unpaired) electrons. The van der Waals surface area contributed by atoms with Crippen LogP contribution >= 0.6 is 0 Å². The maximum absolute atomic E-state index is 4.61. The molecule has 1 aromatic carbocycles. The Bertz CT molecular complexity index is 672. The van der Waals surface area contributed by atoms with Crippen molar-refractivity contribution in [3.63, 3.8) is 0 Å². The van der Waals surface area contributed by atoms with E-state index in [1.165, 1.54) is 24.1 Å². The van der Waals surface area contributed by atoms with Gasteiger partial charge in [-0.3, -0.25) is 0 Å². The van der Waals surface area contributed by atoms with Crippen molar-refractivity contribution in [1.82, 2.24) is 15.3 Å². The summed E-state index contributed by atoms with van der Waals surface area (Å²) < 4.78 is 0. The first-order valence-corrected chi connectivity index (χ1v) is 8.34. The molecule has 0 bridgehead atoms. The Kier molecular flexibility index (Phi) is 4.91. The average Bonchev–Trinajstić information content (AvgIpc) is 3.44. The standard InChI is InChI=1S/C19H24N4/c1-3-14-4-6-16(7-5-14)19-22-13-11-18(23-19)21-12-10-17(20-2)15-8-9-15/h4-7,10-11,13,15,20H,3,8-9,12H2,1-2H3,(H,21,22,23)/b17-10-. The van der Waals surface area contributed by atoms with Crippen LogP contribution in [0.3, 0.4) is 0 Å². The molecule has 0 aliphatic heterocycles. The largest absolute Gasteiger partial charge is 0.391 e. The Hall–Kier alpha value is -2.36. The van der Waals surface area contributed by atoms with Gasteiger partial charge < -0.3 is 10.6 Å². The van der Waals surface area contributed by atoms with Crippen LogP contribution in [0.1, 0.15) is 25.3 Å². The van der Waals surface area contributed by atoms with Gasteiger partial charge in [-0.1, -0.05) is 31.2 Å². The Labute approximate surface area is 138 Å². The minimum atomic E-state index is 0.736. The van der Waals surface area contributed by atoms with Gasteiger partial charge in [-0.15, -0.1) is 0 Å². The van der Waals surface area contributed by atoms with Crippen LogP contribution in [0.15, 0.2) is 48.3 Å². The molecule has 1 fully saturated rings. The highest BCUT2D eigenvalue weighted by Gasteiger charge is 2.24. The monoisotopic (exact) mass is 308 g/mol. The van der Waals surface area contributed by atoms with Crippen LogP contribution in [-0.2, 0) is 6.42 Å². The number of hydrogen-bond acceptors (Lipinski definition) is 4. The molecule has 1 heterocycles. The smallest absolute Gasteiger partial charge is 0.161 e. The van der Waals surface area contributed by atoms with Crippen molar-refractivity contribution in [3.8, 4) is 11.4 Å². The first kappa shape index (κ1) is 15.5. The van der Waals surface area contributed by atoms with E-state index in [4.69, 9.17) is 0 Å². The van der Waals surface area contributed by atoms with Crippen molar-refractivity contribution in [2.45, 2.75) is 26.2 Å². The molecular weight excluding hydrogens is 284 g/mol. The van der Waals surface area contributed by atoms with Crippen molar-refractivity contribution < 1.29 is 0 Å². The second-order valence-electron chi connectivity index (χ2n) is 5.88. The van der Waals surface area contributed by atoms with Gasteiger partial charge in [0.15, 0.2) is 5.82 Å². The summed E-state index contributed by atoms with van der Waals surface area (Å²) >= 11 is 0. The van der Waals surface area contributed by atoms with Gasteiger partial charge in [-0.2, -0.15) is 0 Å². The fraction of sp³-hybridized carbons (Fsp3) is 0.368. The number of nitrogens with one attached hydrogen (secondary N) is 2. The molecule has 2 aromatic rings. The van der Waals surface area contributed by atoms with Gasteiger partial charge in [0.05, 0.1) is 0 Å². The van der Waals surface area contributed by atoms with Crippen LogP contribution < -0.4 is 10.6 Å². The van der Waals surface area contributed by atoms with E-state index in [1.54, 1.807) is 0 Å². The highest BCUT2D eigenvalue weighted by Crippen LogP contribution is 2.34. The topological polar surface area (TPSA) is 49.8 Å². The predicted octanol–water partition coefficient (Wildman–Crippen LogP) is 3.63. The average molecular weight is 308 g/mol. The molecule has 120 valence electrons. The van der Waals surface area contributed by atoms with Crippen LogP contribution in [0, 0.1) is 5.92 Å². The Balaban J connectivity index is 1.66. The minimum Gasteiger partial charge on any atom is -0.391 e. The van der Waals surface area contributed by atoms with Gasteiger partial charge in [0.2, 0.25) is 0 Å². The summed E-state index contributed by atoms with van der Waals surface area (Å²) in [6.45, 7) is 2.93. The molecule has 0 unspecified atom stereocenters. The molecule has 1 saturated carbocycles. The molecule has 0 saturated heterocycles. The van der Waals surface area contributed by atoms with E-state index in [1.807, 2.05) is 19.3 Å². The van der Waals surface area contributed by atoms with Crippen molar-refractivity contribution in [2.24, 2.45) is 5.92 Å². The Morgan fingerprint density at radius 1 is 1.22 bits per heavy atom. The third-order valence-electron chi connectivity index (χ3n) is 4.19. The number of hydrogen-bond donors (Lipinski definition) is 2. The van der Waals surface area contributed by atoms with E-state index in [2.05, 4.69) is 57.9 Å². The molecular formula is C19H24N4. The van der Waals surface area contributed by atoms with Crippen molar-refractivity contribution in [1.29, 1.82) is 0 Å². The molecule has 2 N–H and O–H groups in total. The van der Waals surface area contributed by atoms with E-state index in [0.717, 1.165) is 36.1 Å². The van der Waals surface area contributed by atoms with Crippen LogP contribution in [0.25, 0.3) is 11.4 Å². The third kappa shape index (κ3) is 4.09. The zero-order valence-electron chi connectivity index (χ0n) is 13.8. The summed E-state index contributed by atoms with van der Waals surface area (Å²) in [6.07, 6.45) is 7.68. The highest BCUT2D eigenvalue weighted by atomic mass is 15.0. The first-order chi connectivity index (χ1) is 11.3. The summed E-state index contributed by atoms with van der Waals surface area (Å²) in [5.74, 6) is 2.36. The number of aromatic nitrogens is 2. The van der Waals surface area contributed by atoms with Gasteiger partial charge in [0.1, 0.15) is 5.82 Å². The summed E-state index contributed by atoms with van der Waals surface area (Å²) in [6, 6.07) is 10.4. The lowest BCUT2D eigenvalue weighted by Crippen LogP contribution is -2.11. The first-order valence-electron chi connectivity index (χ1n) is 8.34. The Morgan fingerprint density at radius 3 is 2.65 bits per heavy atom. The van der Waals surface area contributed by atoms with Crippen molar-refractivity contribution >= 4 is 5.82 Å². The lowest BCUT2D eigenvalue weighted by molar-refractivity contribution is 0.839. The van der Waals surface area contributed by atoms with Gasteiger partial charge in [0.25, 0.3) is 0 Å². The second kappa shape index (κ2) is 7.27. The molecule has 4 nitrogen and oxygen atoms in total. The summed E-state index contributed by atoms with van der Waals surface area (Å²) in [5.41, 5.74) is 3.71. The quantitative estimate of drug-likeness (QED) is 0.820. The van der Waals surface area contributed by atoms with Gasteiger partial charge >= 0.3 is 0 Å². The number of nitrogens with zero attached hydrogens (tertiary/aromatic N) is 2. The SMILES string of the molecule is CCc1ccc(-c2nccc(NC/C=C(\NC)C3CC3)n2)cc1.